The number of sulfonamides is 1. The van der Waals surface area contributed by atoms with Gasteiger partial charge in [-0.15, -0.1) is 0 Å². The monoisotopic (exact) mass is 418 g/mol. The fraction of sp³-hybridized carbons (Fsp3) is 0.562. The van der Waals surface area contributed by atoms with Crippen molar-refractivity contribution in [1.29, 1.82) is 0 Å². The highest BCUT2D eigenvalue weighted by Crippen LogP contribution is 2.25. The van der Waals surface area contributed by atoms with Crippen LogP contribution in [0.2, 0.25) is 0 Å². The highest BCUT2D eigenvalue weighted by atomic mass is 79.9. The number of nitrogens with one attached hydrogen (secondary N) is 2. The van der Waals surface area contributed by atoms with E-state index in [0.29, 0.717) is 29.6 Å². The Morgan fingerprint density at radius 2 is 2.08 bits per heavy atom. The van der Waals surface area contributed by atoms with E-state index < -0.39 is 10.0 Å². The van der Waals surface area contributed by atoms with E-state index in [9.17, 15) is 13.2 Å². The largest absolute Gasteiger partial charge is 0.379 e. The van der Waals surface area contributed by atoms with Gasteiger partial charge in [0.25, 0.3) is 5.91 Å². The van der Waals surface area contributed by atoms with Gasteiger partial charge in [0, 0.05) is 23.7 Å². The molecule has 0 atom stereocenters. The van der Waals surface area contributed by atoms with E-state index in [4.69, 9.17) is 4.74 Å². The molecule has 1 aromatic carbocycles. The van der Waals surface area contributed by atoms with E-state index in [-0.39, 0.29) is 22.9 Å². The molecule has 24 heavy (non-hydrogen) atoms. The molecule has 1 saturated carbocycles. The first kappa shape index (κ1) is 19.4. The summed E-state index contributed by atoms with van der Waals surface area (Å²) >= 11 is 3.30. The highest BCUT2D eigenvalue weighted by Gasteiger charge is 2.28. The molecule has 0 saturated heterocycles. The van der Waals surface area contributed by atoms with E-state index in [2.05, 4.69) is 26.0 Å². The van der Waals surface area contributed by atoms with Crippen LogP contribution >= 0.6 is 15.9 Å². The van der Waals surface area contributed by atoms with E-state index in [1.807, 2.05) is 13.8 Å². The average Bonchev–Trinajstić information content (AvgIpc) is 3.29. The summed E-state index contributed by atoms with van der Waals surface area (Å²) in [4.78, 5) is 12.4. The lowest BCUT2D eigenvalue weighted by molar-refractivity contribution is 0.0757. The number of hydrogen-bond acceptors (Lipinski definition) is 4. The number of carbonyl (C=O) groups excluding carboxylic acids is 1. The van der Waals surface area contributed by atoms with E-state index >= 15 is 0 Å². The van der Waals surface area contributed by atoms with Crippen LogP contribution in [0.1, 0.15) is 43.5 Å². The lowest BCUT2D eigenvalue weighted by atomic mass is 10.2. The molecule has 0 spiro atoms. The average molecular weight is 419 g/mol. The van der Waals surface area contributed by atoms with Crippen molar-refractivity contribution >= 4 is 31.9 Å². The van der Waals surface area contributed by atoms with E-state index in [1.54, 1.807) is 6.07 Å². The Balaban J connectivity index is 1.98. The number of halogens is 1. The first-order valence-corrected chi connectivity index (χ1v) is 10.3. The normalized spacial score (nSPS) is 14.8. The molecule has 0 heterocycles. The molecule has 0 aromatic heterocycles. The number of ether oxygens (including phenoxy) is 1. The lowest BCUT2D eigenvalue weighted by Gasteiger charge is -2.11. The Labute approximate surface area is 151 Å². The topological polar surface area (TPSA) is 84.5 Å². The smallest absolute Gasteiger partial charge is 0.252 e. The van der Waals surface area contributed by atoms with Gasteiger partial charge in [0.1, 0.15) is 0 Å². The highest BCUT2D eigenvalue weighted by molar-refractivity contribution is 9.10. The van der Waals surface area contributed by atoms with E-state index in [1.165, 1.54) is 12.1 Å². The molecule has 2 N–H and O–H groups in total. The predicted octanol–water partition coefficient (Wildman–Crippen LogP) is 2.43. The number of rotatable bonds is 9. The zero-order chi connectivity index (χ0) is 17.7. The third-order valence-corrected chi connectivity index (χ3v) is 5.66. The second-order valence-corrected chi connectivity index (χ2v) is 8.63. The van der Waals surface area contributed by atoms with Crippen molar-refractivity contribution < 1.29 is 17.9 Å². The molecule has 1 fully saturated rings. The zero-order valence-electron chi connectivity index (χ0n) is 13.8. The molecule has 1 aliphatic carbocycles. The zero-order valence-corrected chi connectivity index (χ0v) is 16.2. The van der Waals surface area contributed by atoms with Crippen LogP contribution in [-0.4, -0.2) is 39.6 Å². The Morgan fingerprint density at radius 3 is 2.71 bits per heavy atom. The van der Waals surface area contributed by atoms with Crippen molar-refractivity contribution in [3.05, 3.63) is 28.2 Å². The summed E-state index contributed by atoms with van der Waals surface area (Å²) in [5.74, 6) is -0.310. The lowest BCUT2D eigenvalue weighted by Crippen LogP contribution is -2.28. The quantitative estimate of drug-likeness (QED) is 0.603. The summed E-state index contributed by atoms with van der Waals surface area (Å²) in [6.07, 6.45) is 2.59. The van der Waals surface area contributed by atoms with Crippen molar-refractivity contribution in [2.45, 2.75) is 50.2 Å². The molecule has 134 valence electrons. The minimum absolute atomic E-state index is 0.0249. The molecule has 1 aliphatic rings. The summed E-state index contributed by atoms with van der Waals surface area (Å²) in [6.45, 7) is 4.95. The van der Waals surface area contributed by atoms with E-state index in [0.717, 1.165) is 12.8 Å². The van der Waals surface area contributed by atoms with Crippen LogP contribution in [0.25, 0.3) is 0 Å². The number of amides is 1. The van der Waals surface area contributed by atoms with Crippen LogP contribution in [0.3, 0.4) is 0 Å². The Morgan fingerprint density at radius 1 is 1.38 bits per heavy atom. The molecule has 6 nitrogen and oxygen atoms in total. The van der Waals surface area contributed by atoms with Gasteiger partial charge >= 0.3 is 0 Å². The number of hydrogen-bond donors (Lipinski definition) is 2. The second kappa shape index (κ2) is 8.42. The fourth-order valence-corrected chi connectivity index (χ4v) is 3.78. The number of carbonyl (C=O) groups is 1. The SMILES string of the molecule is CC(C)OCCCNC(=O)c1cc(S(=O)(=O)NC2CC2)ccc1Br. The maximum atomic E-state index is 12.3. The van der Waals surface area contributed by atoms with Gasteiger partial charge in [-0.05, 0) is 67.2 Å². The molecule has 8 heteroatoms. The third-order valence-electron chi connectivity index (χ3n) is 3.45. The fourth-order valence-electron chi connectivity index (χ4n) is 2.02. The van der Waals surface area contributed by atoms with Gasteiger partial charge in [-0.1, -0.05) is 0 Å². The molecule has 2 rings (SSSR count). The maximum absolute atomic E-state index is 12.3. The van der Waals surface area contributed by atoms with Crippen molar-refractivity contribution in [3.8, 4) is 0 Å². The summed E-state index contributed by atoms with van der Waals surface area (Å²) in [5.41, 5.74) is 0.304. The van der Waals surface area contributed by atoms with Crippen LogP contribution in [0, 0.1) is 0 Å². The third kappa shape index (κ3) is 5.84. The van der Waals surface area contributed by atoms with Gasteiger partial charge < -0.3 is 10.1 Å². The van der Waals surface area contributed by atoms with Gasteiger partial charge in [0.2, 0.25) is 10.0 Å². The minimum atomic E-state index is -3.58. The van der Waals surface area contributed by atoms with Gasteiger partial charge in [-0.3, -0.25) is 4.79 Å². The first-order valence-electron chi connectivity index (χ1n) is 8.01. The second-order valence-electron chi connectivity index (χ2n) is 6.07. The Hall–Kier alpha value is -0.960. The summed E-state index contributed by atoms with van der Waals surface area (Å²) in [7, 11) is -3.58. The molecule has 1 aromatic rings. The van der Waals surface area contributed by atoms with Gasteiger partial charge in [0.05, 0.1) is 16.6 Å². The van der Waals surface area contributed by atoms with Crippen molar-refractivity contribution in [1.82, 2.24) is 10.0 Å². The van der Waals surface area contributed by atoms with Crippen LogP contribution in [0.5, 0.6) is 0 Å². The first-order chi connectivity index (χ1) is 11.3. The summed E-state index contributed by atoms with van der Waals surface area (Å²) < 4.78 is 33.1. The number of benzene rings is 1. The molecule has 1 amide bonds. The molecule has 0 aliphatic heterocycles. The maximum Gasteiger partial charge on any atom is 0.252 e. The summed E-state index contributed by atoms with van der Waals surface area (Å²) in [5, 5.41) is 2.78. The molecule has 0 radical (unpaired) electrons. The Kier molecular flexibility index (Phi) is 6.79. The van der Waals surface area contributed by atoms with Crippen LogP contribution < -0.4 is 10.0 Å². The van der Waals surface area contributed by atoms with Gasteiger partial charge in [-0.2, -0.15) is 0 Å². The van der Waals surface area contributed by atoms with Crippen molar-refractivity contribution in [2.24, 2.45) is 0 Å². The van der Waals surface area contributed by atoms with Crippen molar-refractivity contribution in [2.75, 3.05) is 13.2 Å². The minimum Gasteiger partial charge on any atom is -0.379 e. The van der Waals surface area contributed by atoms with Gasteiger partial charge in [0.15, 0.2) is 0 Å². The molecule has 0 bridgehead atoms. The van der Waals surface area contributed by atoms with Gasteiger partial charge in [-0.25, -0.2) is 13.1 Å². The predicted molar refractivity (Wildman–Crippen MR) is 95.5 cm³/mol. The van der Waals surface area contributed by atoms with Crippen LogP contribution in [0.4, 0.5) is 0 Å². The molecular formula is C16H23BrN2O4S. The molecular weight excluding hydrogens is 396 g/mol. The standard InChI is InChI=1S/C16H23BrN2O4S/c1-11(2)23-9-3-8-18-16(20)14-10-13(6-7-15(14)17)24(21,22)19-12-4-5-12/h6-7,10-12,19H,3-5,8-9H2,1-2H3,(H,18,20). The van der Waals surface area contributed by atoms with Crippen LogP contribution in [-0.2, 0) is 14.8 Å². The van der Waals surface area contributed by atoms with Crippen molar-refractivity contribution in [3.63, 3.8) is 0 Å². The molecule has 0 unspecified atom stereocenters. The van der Waals surface area contributed by atoms with Crippen LogP contribution in [0.15, 0.2) is 27.6 Å². The Bertz CT molecular complexity index is 687. The summed E-state index contributed by atoms with van der Waals surface area (Å²) in [6, 6.07) is 4.49.